The molecule has 0 saturated heterocycles. The Morgan fingerprint density at radius 1 is 0.741 bits per heavy atom. The molecular formula is C24H24N2O. The van der Waals surface area contributed by atoms with Gasteiger partial charge in [-0.05, 0) is 23.6 Å². The van der Waals surface area contributed by atoms with E-state index in [0.29, 0.717) is 19.5 Å². The van der Waals surface area contributed by atoms with Crippen molar-refractivity contribution < 1.29 is 4.79 Å². The molecule has 0 atom stereocenters. The highest BCUT2D eigenvalue weighted by Crippen LogP contribution is 2.14. The second kappa shape index (κ2) is 9.48. The maximum atomic E-state index is 11.8. The van der Waals surface area contributed by atoms with E-state index in [9.17, 15) is 4.79 Å². The molecule has 0 radical (unpaired) electrons. The molecule has 3 nitrogen and oxygen atoms in total. The average Bonchev–Trinajstić information content (AvgIpc) is 2.69. The van der Waals surface area contributed by atoms with Gasteiger partial charge in [0.05, 0.1) is 25.2 Å². The molecule has 3 aromatic carbocycles. The Balaban J connectivity index is 1.93. The summed E-state index contributed by atoms with van der Waals surface area (Å²) in [6.07, 6.45) is 0.324. The van der Waals surface area contributed by atoms with Crippen LogP contribution in [0, 0.1) is 0 Å². The van der Waals surface area contributed by atoms with Crippen molar-refractivity contribution >= 4 is 11.5 Å². The SMILES string of the molecule is CC(=O)CC(=NN(Cc1ccccc1)Cc1ccccc1)c1ccccc1. The Hall–Kier alpha value is -3.20. The summed E-state index contributed by atoms with van der Waals surface area (Å²) in [4.78, 5) is 11.8. The first-order valence-electron chi connectivity index (χ1n) is 9.16. The van der Waals surface area contributed by atoms with Gasteiger partial charge in [-0.25, -0.2) is 0 Å². The van der Waals surface area contributed by atoms with Gasteiger partial charge in [0.15, 0.2) is 0 Å². The summed E-state index contributed by atoms with van der Waals surface area (Å²) in [6, 6.07) is 30.5. The van der Waals surface area contributed by atoms with Crippen LogP contribution < -0.4 is 0 Å². The summed E-state index contributed by atoms with van der Waals surface area (Å²) >= 11 is 0. The van der Waals surface area contributed by atoms with Crippen LogP contribution in [-0.2, 0) is 17.9 Å². The molecule has 0 N–H and O–H groups in total. The van der Waals surface area contributed by atoms with Gasteiger partial charge in [-0.15, -0.1) is 0 Å². The first-order chi connectivity index (χ1) is 13.2. The molecule has 3 heteroatoms. The van der Waals surface area contributed by atoms with E-state index in [0.717, 1.165) is 11.3 Å². The van der Waals surface area contributed by atoms with Gasteiger partial charge in [0.1, 0.15) is 5.78 Å². The van der Waals surface area contributed by atoms with Gasteiger partial charge in [0.2, 0.25) is 0 Å². The fourth-order valence-corrected chi connectivity index (χ4v) is 2.95. The molecule has 0 aliphatic rings. The van der Waals surface area contributed by atoms with E-state index in [1.165, 1.54) is 11.1 Å². The van der Waals surface area contributed by atoms with E-state index in [1.807, 2.05) is 71.7 Å². The number of Topliss-reactive ketones (excluding diaryl/α,β-unsaturated/α-hetero) is 1. The maximum Gasteiger partial charge on any atom is 0.135 e. The molecule has 27 heavy (non-hydrogen) atoms. The zero-order chi connectivity index (χ0) is 18.9. The van der Waals surface area contributed by atoms with Crippen LogP contribution in [0.1, 0.15) is 30.0 Å². The van der Waals surface area contributed by atoms with Crippen molar-refractivity contribution in [3.8, 4) is 0 Å². The minimum absolute atomic E-state index is 0.108. The molecule has 0 fully saturated rings. The summed E-state index contributed by atoms with van der Waals surface area (Å²) in [5.41, 5.74) is 4.16. The van der Waals surface area contributed by atoms with Crippen molar-refractivity contribution in [1.82, 2.24) is 5.01 Å². The number of rotatable bonds is 8. The fraction of sp³-hybridized carbons (Fsp3) is 0.167. The molecule has 0 amide bonds. The number of carbonyl (C=O) groups excluding carboxylic acids is 1. The van der Waals surface area contributed by atoms with Crippen LogP contribution in [-0.4, -0.2) is 16.5 Å². The molecule has 0 spiro atoms. The zero-order valence-electron chi connectivity index (χ0n) is 15.6. The lowest BCUT2D eigenvalue weighted by molar-refractivity contribution is -0.115. The smallest absolute Gasteiger partial charge is 0.135 e. The van der Waals surface area contributed by atoms with Crippen molar-refractivity contribution in [2.75, 3.05) is 0 Å². The van der Waals surface area contributed by atoms with Gasteiger partial charge in [-0.2, -0.15) is 5.10 Å². The van der Waals surface area contributed by atoms with Crippen molar-refractivity contribution in [2.24, 2.45) is 5.10 Å². The van der Waals surface area contributed by atoms with Gasteiger partial charge in [-0.3, -0.25) is 9.80 Å². The lowest BCUT2D eigenvalue weighted by Gasteiger charge is -2.21. The van der Waals surface area contributed by atoms with Gasteiger partial charge < -0.3 is 0 Å². The number of hydrogen-bond acceptors (Lipinski definition) is 3. The summed E-state index contributed by atoms with van der Waals surface area (Å²) in [7, 11) is 0. The molecule has 0 aliphatic carbocycles. The Morgan fingerprint density at radius 2 is 1.19 bits per heavy atom. The van der Waals surface area contributed by atoms with Crippen molar-refractivity contribution in [3.05, 3.63) is 108 Å². The average molecular weight is 356 g/mol. The number of ketones is 1. The normalized spacial score (nSPS) is 11.2. The molecule has 0 aromatic heterocycles. The molecule has 0 bridgehead atoms. The Bertz CT molecular complexity index is 833. The van der Waals surface area contributed by atoms with Crippen LogP contribution >= 0.6 is 0 Å². The number of nitrogens with zero attached hydrogens (tertiary/aromatic N) is 2. The number of hydrazone groups is 1. The number of hydrogen-bond donors (Lipinski definition) is 0. The molecule has 0 aliphatic heterocycles. The molecule has 0 heterocycles. The van der Waals surface area contributed by atoms with Crippen LogP contribution in [0.15, 0.2) is 96.1 Å². The number of benzene rings is 3. The topological polar surface area (TPSA) is 32.7 Å². The molecular weight excluding hydrogens is 332 g/mol. The van der Waals surface area contributed by atoms with E-state index in [2.05, 4.69) is 24.3 Å². The Kier molecular flexibility index (Phi) is 6.53. The summed E-state index contributed by atoms with van der Waals surface area (Å²) in [5, 5.41) is 6.94. The van der Waals surface area contributed by atoms with Gasteiger partial charge in [0.25, 0.3) is 0 Å². The van der Waals surface area contributed by atoms with Crippen LogP contribution in [0.3, 0.4) is 0 Å². The van der Waals surface area contributed by atoms with Gasteiger partial charge in [0, 0.05) is 0 Å². The van der Waals surface area contributed by atoms with E-state index in [-0.39, 0.29) is 5.78 Å². The van der Waals surface area contributed by atoms with E-state index in [1.54, 1.807) is 6.92 Å². The van der Waals surface area contributed by atoms with Crippen LogP contribution in [0.5, 0.6) is 0 Å². The van der Waals surface area contributed by atoms with Crippen LogP contribution in [0.4, 0.5) is 0 Å². The third kappa shape index (κ3) is 5.93. The lowest BCUT2D eigenvalue weighted by Crippen LogP contribution is -2.20. The lowest BCUT2D eigenvalue weighted by atomic mass is 10.1. The first kappa shape index (κ1) is 18.6. The molecule has 3 rings (SSSR count). The quantitative estimate of drug-likeness (QED) is 0.417. The van der Waals surface area contributed by atoms with E-state index >= 15 is 0 Å². The molecule has 136 valence electrons. The highest BCUT2D eigenvalue weighted by molar-refractivity contribution is 6.10. The van der Waals surface area contributed by atoms with Gasteiger partial charge in [-0.1, -0.05) is 91.0 Å². The minimum Gasteiger partial charge on any atom is -0.300 e. The summed E-state index contributed by atoms with van der Waals surface area (Å²) < 4.78 is 0. The van der Waals surface area contributed by atoms with E-state index in [4.69, 9.17) is 5.10 Å². The van der Waals surface area contributed by atoms with Gasteiger partial charge >= 0.3 is 0 Å². The van der Waals surface area contributed by atoms with Crippen LogP contribution in [0.25, 0.3) is 0 Å². The minimum atomic E-state index is 0.108. The highest BCUT2D eigenvalue weighted by atomic mass is 16.1. The predicted octanol–water partition coefficient (Wildman–Crippen LogP) is 5.07. The third-order valence-corrected chi connectivity index (χ3v) is 4.20. The predicted molar refractivity (Wildman–Crippen MR) is 110 cm³/mol. The monoisotopic (exact) mass is 356 g/mol. The summed E-state index contributed by atoms with van der Waals surface area (Å²) in [5.74, 6) is 0.108. The highest BCUT2D eigenvalue weighted by Gasteiger charge is 2.11. The Morgan fingerprint density at radius 3 is 1.63 bits per heavy atom. The molecule has 0 saturated carbocycles. The Labute approximate surface area is 161 Å². The van der Waals surface area contributed by atoms with Crippen molar-refractivity contribution in [2.45, 2.75) is 26.4 Å². The molecule has 0 unspecified atom stereocenters. The van der Waals surface area contributed by atoms with Crippen molar-refractivity contribution in [1.29, 1.82) is 0 Å². The standard InChI is InChI=1S/C24H24N2O/c1-20(27)17-24(23-15-9-4-10-16-23)25-26(18-21-11-5-2-6-12-21)19-22-13-7-3-8-14-22/h2-16H,17-19H2,1H3. The fourth-order valence-electron chi connectivity index (χ4n) is 2.95. The van der Waals surface area contributed by atoms with E-state index < -0.39 is 0 Å². The molecule has 3 aromatic rings. The summed E-state index contributed by atoms with van der Waals surface area (Å²) in [6.45, 7) is 2.98. The largest absolute Gasteiger partial charge is 0.300 e. The third-order valence-electron chi connectivity index (χ3n) is 4.20. The first-order valence-corrected chi connectivity index (χ1v) is 9.16. The second-order valence-corrected chi connectivity index (χ2v) is 6.59. The van der Waals surface area contributed by atoms with Crippen LogP contribution in [0.2, 0.25) is 0 Å². The number of carbonyl (C=O) groups is 1. The maximum absolute atomic E-state index is 11.8. The van der Waals surface area contributed by atoms with Crippen molar-refractivity contribution in [3.63, 3.8) is 0 Å². The second-order valence-electron chi connectivity index (χ2n) is 6.59. The zero-order valence-corrected chi connectivity index (χ0v) is 15.6.